The van der Waals surface area contributed by atoms with E-state index in [4.69, 9.17) is 0 Å². The van der Waals surface area contributed by atoms with Crippen molar-refractivity contribution in [2.75, 3.05) is 0 Å². The molecule has 0 aromatic heterocycles. The lowest BCUT2D eigenvalue weighted by atomic mass is 9.86. The predicted octanol–water partition coefficient (Wildman–Crippen LogP) is 9.01. The predicted molar refractivity (Wildman–Crippen MR) is 206 cm³/mol. The molecule has 8 aromatic carbocycles. The van der Waals surface area contributed by atoms with Crippen LogP contribution < -0.4 is 0 Å². The molecule has 0 amide bonds. The van der Waals surface area contributed by atoms with Gasteiger partial charge in [0.05, 0.1) is 0 Å². The third-order valence-corrected chi connectivity index (χ3v) is 8.73. The van der Waals surface area contributed by atoms with Crippen LogP contribution in [0.2, 0.25) is 0 Å². The molecule has 4 nitrogen and oxygen atoms in total. The third kappa shape index (κ3) is 6.36. The summed E-state index contributed by atoms with van der Waals surface area (Å²) in [5.41, 5.74) is 6.23. The van der Waals surface area contributed by atoms with Crippen LogP contribution in [0.15, 0.2) is 133 Å². The fourth-order valence-electron chi connectivity index (χ4n) is 6.14. The van der Waals surface area contributed by atoms with Gasteiger partial charge in [-0.05, 0) is 142 Å². The van der Waals surface area contributed by atoms with Gasteiger partial charge in [-0.15, -0.1) is 0 Å². The Labute approximate surface area is 300 Å². The Morgan fingerprint density at radius 1 is 0.250 bits per heavy atom. The summed E-state index contributed by atoms with van der Waals surface area (Å²) in [7, 11) is 0. The lowest BCUT2D eigenvalue weighted by Gasteiger charge is -2.16. The minimum Gasteiger partial charge on any atom is -0.508 e. The van der Waals surface area contributed by atoms with Crippen LogP contribution in [0.5, 0.6) is 23.0 Å². The van der Waals surface area contributed by atoms with E-state index < -0.39 is 0 Å². The number of rotatable bonds is 0. The van der Waals surface area contributed by atoms with E-state index in [1.165, 1.54) is 0 Å². The molecule has 242 valence electrons. The number of phenolic OH excluding ortho intramolecular Hbond substituents is 4. The molecule has 0 saturated heterocycles. The highest BCUT2D eigenvalue weighted by Gasteiger charge is 2.17. The van der Waals surface area contributed by atoms with Gasteiger partial charge in [-0.3, -0.25) is 0 Å². The summed E-state index contributed by atoms with van der Waals surface area (Å²) in [5, 5.41) is 45.0. The third-order valence-electron chi connectivity index (χ3n) is 8.73. The zero-order valence-electron chi connectivity index (χ0n) is 27.5. The molecule has 0 radical (unpaired) electrons. The van der Waals surface area contributed by atoms with Crippen molar-refractivity contribution >= 4 is 32.3 Å². The summed E-state index contributed by atoms with van der Waals surface area (Å²) in [6.45, 7) is 0. The van der Waals surface area contributed by atoms with Crippen LogP contribution in [-0.4, -0.2) is 20.4 Å². The Morgan fingerprint density at radius 2 is 0.462 bits per heavy atom. The van der Waals surface area contributed by atoms with E-state index in [0.29, 0.717) is 0 Å². The van der Waals surface area contributed by atoms with Gasteiger partial charge in [-0.25, -0.2) is 0 Å². The van der Waals surface area contributed by atoms with Crippen molar-refractivity contribution in [3.8, 4) is 70.4 Å². The maximum absolute atomic E-state index is 9.80. The summed E-state index contributed by atoms with van der Waals surface area (Å²) < 4.78 is 0. The molecule has 0 aliphatic rings. The Kier molecular flexibility index (Phi) is 8.04. The minimum atomic E-state index is 0.175. The zero-order valence-corrected chi connectivity index (χ0v) is 27.5. The minimum absolute atomic E-state index is 0.175. The molecule has 0 atom stereocenters. The molecule has 0 saturated carbocycles. The number of benzene rings is 8. The van der Waals surface area contributed by atoms with Crippen molar-refractivity contribution in [1.29, 1.82) is 0 Å². The Morgan fingerprint density at radius 3 is 0.673 bits per heavy atom. The zero-order chi connectivity index (χ0) is 35.6. The van der Waals surface area contributed by atoms with E-state index in [9.17, 15) is 20.4 Å². The van der Waals surface area contributed by atoms with Gasteiger partial charge in [0.2, 0.25) is 0 Å². The summed E-state index contributed by atoms with van der Waals surface area (Å²) in [6, 6.07) is 39.5. The number of hydrogen-bond acceptors (Lipinski definition) is 4. The normalized spacial score (nSPS) is 10.4. The Hall–Kier alpha value is -7.76. The van der Waals surface area contributed by atoms with Gasteiger partial charge in [0, 0.05) is 44.5 Å². The molecule has 8 rings (SSSR count). The summed E-state index contributed by atoms with van der Waals surface area (Å²) in [5.74, 6) is 27.3. The van der Waals surface area contributed by atoms with Crippen LogP contribution in [0, 0.1) is 47.4 Å². The molecule has 0 fully saturated rings. The van der Waals surface area contributed by atoms with Crippen LogP contribution in [0.25, 0.3) is 32.3 Å². The topological polar surface area (TPSA) is 80.9 Å². The maximum Gasteiger partial charge on any atom is 0.115 e. The average Bonchev–Trinajstić information content (AvgIpc) is 3.17. The second-order valence-corrected chi connectivity index (χ2v) is 12.2. The van der Waals surface area contributed by atoms with E-state index in [-0.39, 0.29) is 23.0 Å². The molecule has 4 heteroatoms. The van der Waals surface area contributed by atoms with Crippen LogP contribution in [0.3, 0.4) is 0 Å². The number of hydrogen-bond donors (Lipinski definition) is 4. The van der Waals surface area contributed by atoms with Gasteiger partial charge < -0.3 is 20.4 Å². The quantitative estimate of drug-likeness (QED) is 0.0962. The molecule has 0 spiro atoms. The molecule has 0 aliphatic carbocycles. The molecule has 0 unspecified atom stereocenters. The maximum atomic E-state index is 9.80. The van der Waals surface area contributed by atoms with Gasteiger partial charge in [0.25, 0.3) is 0 Å². The first-order valence-corrected chi connectivity index (χ1v) is 16.4. The van der Waals surface area contributed by atoms with E-state index in [2.05, 4.69) is 71.6 Å². The standard InChI is InChI=1S/C48H26O4/c49-39-17-5-31(6-18-39)1-13-35-29-36(14-2-32-7-19-40(50)20-8-32)44-27-28-46-38(16-4-34-11-23-42(52)24-12-34)30-37(15-3-33-9-21-41(51)22-10-33)45-26-25-43(35)47(44)48(45)46/h5-12,17-30,49-52H. The van der Waals surface area contributed by atoms with Gasteiger partial charge >= 0.3 is 0 Å². The van der Waals surface area contributed by atoms with E-state index in [1.54, 1.807) is 97.1 Å². The molecule has 4 N–H and O–H groups in total. The van der Waals surface area contributed by atoms with Crippen molar-refractivity contribution in [3.63, 3.8) is 0 Å². The van der Waals surface area contributed by atoms with Crippen molar-refractivity contribution in [1.82, 2.24) is 0 Å². The van der Waals surface area contributed by atoms with Gasteiger partial charge in [-0.1, -0.05) is 71.6 Å². The van der Waals surface area contributed by atoms with Crippen LogP contribution in [-0.2, 0) is 0 Å². The Balaban J connectivity index is 1.42. The van der Waals surface area contributed by atoms with E-state index in [0.717, 1.165) is 76.8 Å². The summed E-state index contributed by atoms with van der Waals surface area (Å²) >= 11 is 0. The first kappa shape index (κ1) is 31.5. The van der Waals surface area contributed by atoms with Crippen molar-refractivity contribution < 1.29 is 20.4 Å². The first-order valence-electron chi connectivity index (χ1n) is 16.4. The number of phenols is 4. The van der Waals surface area contributed by atoms with Crippen LogP contribution >= 0.6 is 0 Å². The molecule has 0 heterocycles. The highest BCUT2D eigenvalue weighted by atomic mass is 16.3. The highest BCUT2D eigenvalue weighted by molar-refractivity contribution is 6.26. The van der Waals surface area contributed by atoms with E-state index >= 15 is 0 Å². The highest BCUT2D eigenvalue weighted by Crippen LogP contribution is 2.40. The van der Waals surface area contributed by atoms with Crippen LogP contribution in [0.4, 0.5) is 0 Å². The second kappa shape index (κ2) is 13.3. The van der Waals surface area contributed by atoms with Crippen molar-refractivity contribution in [3.05, 3.63) is 178 Å². The van der Waals surface area contributed by atoms with Crippen molar-refractivity contribution in [2.45, 2.75) is 0 Å². The van der Waals surface area contributed by atoms with Crippen LogP contribution in [0.1, 0.15) is 44.5 Å². The molecule has 0 aliphatic heterocycles. The second-order valence-electron chi connectivity index (χ2n) is 12.2. The fraction of sp³-hybridized carbons (Fsp3) is 0. The molecule has 8 aromatic rings. The van der Waals surface area contributed by atoms with Crippen molar-refractivity contribution in [2.24, 2.45) is 0 Å². The lowest BCUT2D eigenvalue weighted by molar-refractivity contribution is 0.474. The molecule has 52 heavy (non-hydrogen) atoms. The number of aromatic hydroxyl groups is 4. The molecular weight excluding hydrogens is 641 g/mol. The summed E-state index contributed by atoms with van der Waals surface area (Å²) in [6.07, 6.45) is 0. The molecular formula is C48H26O4. The monoisotopic (exact) mass is 666 g/mol. The average molecular weight is 667 g/mol. The summed E-state index contributed by atoms with van der Waals surface area (Å²) in [4.78, 5) is 0. The van der Waals surface area contributed by atoms with Gasteiger partial charge in [0.1, 0.15) is 23.0 Å². The first-order chi connectivity index (χ1) is 25.4. The van der Waals surface area contributed by atoms with E-state index in [1.807, 2.05) is 12.1 Å². The largest absolute Gasteiger partial charge is 0.508 e. The Bertz CT molecular complexity index is 2510. The molecule has 0 bridgehead atoms. The van der Waals surface area contributed by atoms with Gasteiger partial charge in [-0.2, -0.15) is 0 Å². The fourth-order valence-corrected chi connectivity index (χ4v) is 6.14. The smallest absolute Gasteiger partial charge is 0.115 e. The lowest BCUT2D eigenvalue weighted by Crippen LogP contribution is -1.94. The SMILES string of the molecule is Oc1ccc(C#Cc2cc(C#Cc3ccc(O)cc3)c3ccc4c(C#Cc5ccc(O)cc5)cc(C#Cc5ccc(O)cc5)c5ccc2c3c54)cc1. The van der Waals surface area contributed by atoms with Gasteiger partial charge in [0.15, 0.2) is 0 Å².